The lowest BCUT2D eigenvalue weighted by Gasteiger charge is -2.15. The molecule has 20 heavy (non-hydrogen) atoms. The molecule has 0 unspecified atom stereocenters. The standard InChI is InChI=1S/C8H19O4P.C6H13N/c1-3-5-7-11-13(9,10)12-8-6-4-2;7-6-4-2-1-3-5-6/h3-8H2,1-2H3,(H,9,10);6H,1-5,7H2. The average molecular weight is 309 g/mol. The molecule has 1 aliphatic rings. The van der Waals surface area contributed by atoms with Gasteiger partial charge in [0.1, 0.15) is 0 Å². The summed E-state index contributed by atoms with van der Waals surface area (Å²) in [7, 11) is -3.75. The molecule has 0 saturated heterocycles. The quantitative estimate of drug-likeness (QED) is 0.523. The van der Waals surface area contributed by atoms with Gasteiger partial charge >= 0.3 is 7.82 Å². The van der Waals surface area contributed by atoms with Gasteiger partial charge in [-0.05, 0) is 25.7 Å². The Morgan fingerprint density at radius 2 is 1.50 bits per heavy atom. The second-order valence-electron chi connectivity index (χ2n) is 5.24. The number of hydrogen-bond donors (Lipinski definition) is 2. The Bertz CT molecular complexity index is 244. The molecule has 0 bridgehead atoms. The Morgan fingerprint density at radius 3 is 1.80 bits per heavy atom. The third-order valence-electron chi connectivity index (χ3n) is 3.15. The summed E-state index contributed by atoms with van der Waals surface area (Å²) in [6.07, 6.45) is 10.1. The summed E-state index contributed by atoms with van der Waals surface area (Å²) < 4.78 is 20.5. The van der Waals surface area contributed by atoms with Crippen molar-refractivity contribution in [3.05, 3.63) is 0 Å². The maximum absolute atomic E-state index is 11.1. The van der Waals surface area contributed by atoms with Crippen molar-refractivity contribution in [1.29, 1.82) is 0 Å². The maximum atomic E-state index is 11.1. The minimum atomic E-state index is -3.75. The monoisotopic (exact) mass is 309 g/mol. The highest BCUT2D eigenvalue weighted by molar-refractivity contribution is 7.47. The molecular formula is C14H32NO4P. The van der Waals surface area contributed by atoms with Crippen LogP contribution in [-0.2, 0) is 13.6 Å². The van der Waals surface area contributed by atoms with Crippen LogP contribution in [0.5, 0.6) is 0 Å². The first-order chi connectivity index (χ1) is 9.52. The van der Waals surface area contributed by atoms with E-state index in [1.54, 1.807) is 0 Å². The van der Waals surface area contributed by atoms with Crippen LogP contribution < -0.4 is 5.73 Å². The van der Waals surface area contributed by atoms with Crippen LogP contribution in [0.4, 0.5) is 0 Å². The van der Waals surface area contributed by atoms with Gasteiger partial charge in [0.25, 0.3) is 0 Å². The number of hydrogen-bond acceptors (Lipinski definition) is 4. The molecule has 1 fully saturated rings. The van der Waals surface area contributed by atoms with E-state index in [0.29, 0.717) is 6.04 Å². The van der Waals surface area contributed by atoms with Crippen molar-refractivity contribution in [2.45, 2.75) is 77.7 Å². The van der Waals surface area contributed by atoms with E-state index in [2.05, 4.69) is 0 Å². The van der Waals surface area contributed by atoms with Crippen LogP contribution in [0.15, 0.2) is 0 Å². The van der Waals surface area contributed by atoms with Gasteiger partial charge in [0.15, 0.2) is 0 Å². The van der Waals surface area contributed by atoms with Gasteiger partial charge in [-0.25, -0.2) is 4.57 Å². The third kappa shape index (κ3) is 13.1. The SMILES string of the molecule is CCCCOP(=O)(O)OCCCC.NC1CCCCC1. The Balaban J connectivity index is 0.000000428. The average Bonchev–Trinajstić information content (AvgIpc) is 2.41. The first-order valence-corrected chi connectivity index (χ1v) is 9.38. The lowest BCUT2D eigenvalue weighted by molar-refractivity contribution is 0.146. The van der Waals surface area contributed by atoms with Crippen molar-refractivity contribution in [3.8, 4) is 0 Å². The van der Waals surface area contributed by atoms with E-state index < -0.39 is 7.82 Å². The van der Waals surface area contributed by atoms with E-state index in [4.69, 9.17) is 19.7 Å². The fourth-order valence-corrected chi connectivity index (χ4v) is 2.61. The topological polar surface area (TPSA) is 81.8 Å². The predicted molar refractivity (Wildman–Crippen MR) is 82.6 cm³/mol. The van der Waals surface area contributed by atoms with Crippen molar-refractivity contribution in [2.75, 3.05) is 13.2 Å². The van der Waals surface area contributed by atoms with Gasteiger partial charge in [0.2, 0.25) is 0 Å². The number of phosphoric ester groups is 1. The molecule has 0 aliphatic heterocycles. The number of unbranched alkanes of at least 4 members (excludes halogenated alkanes) is 2. The van der Waals surface area contributed by atoms with Crippen molar-refractivity contribution >= 4 is 7.82 Å². The van der Waals surface area contributed by atoms with E-state index in [0.717, 1.165) is 25.7 Å². The van der Waals surface area contributed by atoms with E-state index in [1.165, 1.54) is 32.1 Å². The third-order valence-corrected chi connectivity index (χ3v) is 4.17. The zero-order valence-corrected chi connectivity index (χ0v) is 13.9. The number of nitrogens with two attached hydrogens (primary N) is 1. The van der Waals surface area contributed by atoms with Gasteiger partial charge in [-0.2, -0.15) is 0 Å². The van der Waals surface area contributed by atoms with Crippen LogP contribution in [0.1, 0.15) is 71.6 Å². The van der Waals surface area contributed by atoms with Gasteiger partial charge in [0.05, 0.1) is 13.2 Å². The molecule has 1 saturated carbocycles. The first-order valence-electron chi connectivity index (χ1n) is 7.89. The Labute approximate surface area is 123 Å². The molecule has 0 atom stereocenters. The first kappa shape index (κ1) is 20.1. The van der Waals surface area contributed by atoms with E-state index >= 15 is 0 Å². The van der Waals surface area contributed by atoms with E-state index in [-0.39, 0.29) is 13.2 Å². The number of phosphoric acid groups is 1. The highest BCUT2D eigenvalue weighted by Gasteiger charge is 2.19. The normalized spacial score (nSPS) is 16.6. The molecule has 5 nitrogen and oxygen atoms in total. The van der Waals surface area contributed by atoms with E-state index in [9.17, 15) is 4.57 Å². The summed E-state index contributed by atoms with van der Waals surface area (Å²) in [5, 5.41) is 0. The summed E-state index contributed by atoms with van der Waals surface area (Å²) in [6.45, 7) is 4.56. The second kappa shape index (κ2) is 12.8. The Morgan fingerprint density at radius 1 is 1.05 bits per heavy atom. The largest absolute Gasteiger partial charge is 0.472 e. The molecule has 0 amide bonds. The van der Waals surface area contributed by atoms with Gasteiger partial charge < -0.3 is 10.6 Å². The zero-order valence-electron chi connectivity index (χ0n) is 13.1. The van der Waals surface area contributed by atoms with Gasteiger partial charge in [-0.3, -0.25) is 9.05 Å². The summed E-state index contributed by atoms with van der Waals surface area (Å²) >= 11 is 0. The molecule has 0 spiro atoms. The van der Waals surface area contributed by atoms with Crippen molar-refractivity contribution < 1.29 is 18.5 Å². The van der Waals surface area contributed by atoms with Crippen LogP contribution in [0.2, 0.25) is 0 Å². The molecule has 122 valence electrons. The molecule has 3 N–H and O–H groups in total. The summed E-state index contributed by atoms with van der Waals surface area (Å²) in [5.41, 5.74) is 5.63. The maximum Gasteiger partial charge on any atom is 0.472 e. The smallest absolute Gasteiger partial charge is 0.328 e. The van der Waals surface area contributed by atoms with Crippen molar-refractivity contribution in [3.63, 3.8) is 0 Å². The molecule has 6 heteroatoms. The van der Waals surface area contributed by atoms with Crippen molar-refractivity contribution in [2.24, 2.45) is 5.73 Å². The molecule has 0 heterocycles. The Hall–Kier alpha value is 0.0700. The van der Waals surface area contributed by atoms with Gasteiger partial charge in [-0.1, -0.05) is 46.0 Å². The highest BCUT2D eigenvalue weighted by atomic mass is 31.2. The minimum Gasteiger partial charge on any atom is -0.328 e. The number of rotatable bonds is 8. The second-order valence-corrected chi connectivity index (χ2v) is 6.69. The lowest BCUT2D eigenvalue weighted by atomic mass is 9.97. The van der Waals surface area contributed by atoms with Gasteiger partial charge in [0, 0.05) is 6.04 Å². The van der Waals surface area contributed by atoms with Crippen LogP contribution in [0, 0.1) is 0 Å². The summed E-state index contributed by atoms with van der Waals surface area (Å²) in [5.74, 6) is 0. The van der Waals surface area contributed by atoms with Crippen molar-refractivity contribution in [1.82, 2.24) is 0 Å². The fraction of sp³-hybridized carbons (Fsp3) is 1.00. The minimum absolute atomic E-state index is 0.288. The summed E-state index contributed by atoms with van der Waals surface area (Å²) in [6, 6.07) is 0.536. The van der Waals surface area contributed by atoms with Gasteiger partial charge in [-0.15, -0.1) is 0 Å². The molecule has 1 aliphatic carbocycles. The molecule has 0 radical (unpaired) electrons. The van der Waals surface area contributed by atoms with Crippen LogP contribution in [0.3, 0.4) is 0 Å². The predicted octanol–water partition coefficient (Wildman–Crippen LogP) is 4.00. The molecule has 0 aromatic carbocycles. The Kier molecular flexibility index (Phi) is 12.8. The fourth-order valence-electron chi connectivity index (χ4n) is 1.82. The summed E-state index contributed by atoms with van der Waals surface area (Å²) in [4.78, 5) is 9.08. The van der Waals surface area contributed by atoms with Crippen LogP contribution >= 0.6 is 7.82 Å². The van der Waals surface area contributed by atoms with Crippen LogP contribution in [0.25, 0.3) is 0 Å². The lowest BCUT2D eigenvalue weighted by Crippen LogP contribution is -2.22. The zero-order chi connectivity index (χ0) is 15.3. The van der Waals surface area contributed by atoms with Crippen LogP contribution in [-0.4, -0.2) is 24.1 Å². The molecule has 0 aromatic rings. The van der Waals surface area contributed by atoms with E-state index in [1.807, 2.05) is 13.8 Å². The molecule has 0 aromatic heterocycles. The molecule has 1 rings (SSSR count). The molecular weight excluding hydrogens is 277 g/mol. The highest BCUT2D eigenvalue weighted by Crippen LogP contribution is 2.43.